The number of ether oxygens (including phenoxy) is 1. The number of methoxy groups -OCH3 is 1. The van der Waals surface area contributed by atoms with Crippen LogP contribution in [0.1, 0.15) is 32.2 Å². The van der Waals surface area contributed by atoms with Gasteiger partial charge in [0.05, 0.1) is 19.9 Å². The van der Waals surface area contributed by atoms with Crippen molar-refractivity contribution in [1.29, 1.82) is 0 Å². The van der Waals surface area contributed by atoms with Crippen molar-refractivity contribution in [1.82, 2.24) is 10.2 Å². The quantitative estimate of drug-likeness (QED) is 0.485. The average molecular weight is 418 g/mol. The number of benzene rings is 2. The predicted molar refractivity (Wildman–Crippen MR) is 115 cm³/mol. The molecule has 0 aliphatic heterocycles. The van der Waals surface area contributed by atoms with E-state index in [0.717, 1.165) is 10.9 Å². The summed E-state index contributed by atoms with van der Waals surface area (Å²) in [5.74, 6) is 1.01. The maximum atomic E-state index is 13.4. The Morgan fingerprint density at radius 2 is 1.84 bits per heavy atom. The number of amides is 2. The first-order valence-electron chi connectivity index (χ1n) is 9.78. The Hall–Kier alpha value is -4.00. The van der Waals surface area contributed by atoms with Crippen molar-refractivity contribution in [2.75, 3.05) is 14.2 Å². The Kier molecular flexibility index (Phi) is 5.75. The summed E-state index contributed by atoms with van der Waals surface area (Å²) in [5, 5.41) is 3.38. The molecule has 0 fully saturated rings. The van der Waals surface area contributed by atoms with Gasteiger partial charge in [-0.05, 0) is 42.0 Å². The molecule has 1 N–H and O–H groups in total. The minimum atomic E-state index is -0.273. The lowest BCUT2D eigenvalue weighted by Gasteiger charge is -2.21. The zero-order valence-electron chi connectivity index (χ0n) is 17.3. The third kappa shape index (κ3) is 4.30. The Labute approximate surface area is 179 Å². The third-order valence-electron chi connectivity index (χ3n) is 4.97. The second-order valence-corrected chi connectivity index (χ2v) is 7.01. The number of nitrogens with one attached hydrogen (secondary N) is 1. The van der Waals surface area contributed by atoms with Crippen LogP contribution in [-0.4, -0.2) is 30.9 Å². The van der Waals surface area contributed by atoms with Gasteiger partial charge in [-0.3, -0.25) is 9.59 Å². The fraction of sp³-hybridized carbons (Fsp3) is 0.167. The summed E-state index contributed by atoms with van der Waals surface area (Å²) in [6.45, 7) is 0.596. The van der Waals surface area contributed by atoms with Gasteiger partial charge in [0.1, 0.15) is 5.76 Å². The van der Waals surface area contributed by atoms with Gasteiger partial charge in [-0.25, -0.2) is 0 Å². The molecule has 2 amide bonds. The average Bonchev–Trinajstić information content (AvgIpc) is 3.47. The molecule has 2 aromatic heterocycles. The normalized spacial score (nSPS) is 10.8. The number of nitrogens with zero attached hydrogens (tertiary/aromatic N) is 1. The molecule has 7 heteroatoms. The van der Waals surface area contributed by atoms with E-state index >= 15 is 0 Å². The van der Waals surface area contributed by atoms with E-state index in [1.165, 1.54) is 0 Å². The second kappa shape index (κ2) is 8.79. The monoisotopic (exact) mass is 418 g/mol. The fourth-order valence-electron chi connectivity index (χ4n) is 3.37. The molecule has 0 saturated heterocycles. The molecule has 2 aromatic carbocycles. The topological polar surface area (TPSA) is 84.9 Å². The highest BCUT2D eigenvalue weighted by Crippen LogP contribution is 2.29. The lowest BCUT2D eigenvalue weighted by Crippen LogP contribution is -2.29. The predicted octanol–water partition coefficient (Wildman–Crippen LogP) is 4.24. The van der Waals surface area contributed by atoms with Crippen molar-refractivity contribution < 1.29 is 23.2 Å². The number of para-hydroxylation sites is 1. The van der Waals surface area contributed by atoms with Crippen LogP contribution in [-0.2, 0) is 13.1 Å². The Morgan fingerprint density at radius 1 is 1.03 bits per heavy atom. The summed E-state index contributed by atoms with van der Waals surface area (Å²) < 4.78 is 16.6. The van der Waals surface area contributed by atoms with Crippen molar-refractivity contribution in [2.24, 2.45) is 0 Å². The van der Waals surface area contributed by atoms with Gasteiger partial charge in [0.25, 0.3) is 11.8 Å². The smallest absolute Gasteiger partial charge is 0.290 e. The van der Waals surface area contributed by atoms with Gasteiger partial charge >= 0.3 is 0 Å². The zero-order valence-corrected chi connectivity index (χ0v) is 17.3. The molecule has 4 aromatic rings. The molecule has 4 rings (SSSR count). The van der Waals surface area contributed by atoms with E-state index in [9.17, 15) is 9.59 Å². The van der Waals surface area contributed by atoms with E-state index in [2.05, 4.69) is 5.32 Å². The lowest BCUT2D eigenvalue weighted by molar-refractivity contribution is 0.0687. The maximum absolute atomic E-state index is 13.4. The molecule has 0 aliphatic rings. The minimum Gasteiger partial charge on any atom is -0.493 e. The van der Waals surface area contributed by atoms with Gasteiger partial charge in [0.15, 0.2) is 17.1 Å². The number of furan rings is 2. The molecule has 0 bridgehead atoms. The number of carbonyl (C=O) groups excluding carboxylic acids is 2. The largest absolute Gasteiger partial charge is 0.493 e. The van der Waals surface area contributed by atoms with E-state index in [-0.39, 0.29) is 24.1 Å². The van der Waals surface area contributed by atoms with Crippen LogP contribution in [0.25, 0.3) is 11.0 Å². The first-order valence-corrected chi connectivity index (χ1v) is 9.78. The van der Waals surface area contributed by atoms with Gasteiger partial charge in [-0.1, -0.05) is 24.3 Å². The third-order valence-corrected chi connectivity index (χ3v) is 4.97. The molecule has 0 aliphatic carbocycles. The van der Waals surface area contributed by atoms with Gasteiger partial charge in [-0.2, -0.15) is 0 Å². The number of fused-ring (bicyclic) bond motifs is 1. The summed E-state index contributed by atoms with van der Waals surface area (Å²) >= 11 is 0. The highest BCUT2D eigenvalue weighted by molar-refractivity contribution is 5.97. The first-order chi connectivity index (χ1) is 15.1. The summed E-state index contributed by atoms with van der Waals surface area (Å²) in [5.41, 5.74) is 1.96. The van der Waals surface area contributed by atoms with E-state index in [1.807, 2.05) is 30.3 Å². The van der Waals surface area contributed by atoms with Crippen molar-refractivity contribution in [3.8, 4) is 5.75 Å². The number of hydrogen-bond acceptors (Lipinski definition) is 5. The second-order valence-electron chi connectivity index (χ2n) is 7.01. The highest BCUT2D eigenvalue weighted by atomic mass is 16.5. The Morgan fingerprint density at radius 3 is 2.52 bits per heavy atom. The van der Waals surface area contributed by atoms with E-state index in [1.54, 1.807) is 55.7 Å². The van der Waals surface area contributed by atoms with Crippen LogP contribution in [0.15, 0.2) is 75.8 Å². The van der Waals surface area contributed by atoms with Crippen molar-refractivity contribution in [3.63, 3.8) is 0 Å². The summed E-state index contributed by atoms with van der Waals surface area (Å²) in [6, 6.07) is 17.9. The lowest BCUT2D eigenvalue weighted by atomic mass is 10.1. The fourth-order valence-corrected chi connectivity index (χ4v) is 3.37. The molecule has 0 saturated carbocycles. The van der Waals surface area contributed by atoms with Crippen LogP contribution in [0.4, 0.5) is 0 Å². The maximum Gasteiger partial charge on any atom is 0.290 e. The van der Waals surface area contributed by atoms with Gasteiger partial charge in [0.2, 0.25) is 0 Å². The standard InChI is InChI=1S/C24H22N2O5/c1-25-23(27)17-10-8-16(9-11-17)14-26(15-19-6-4-12-30-19)24(28)21-13-18-5-3-7-20(29-2)22(18)31-21/h3-13H,14-15H2,1-2H3,(H,25,27). The summed E-state index contributed by atoms with van der Waals surface area (Å²) in [7, 11) is 3.15. The van der Waals surface area contributed by atoms with Crippen LogP contribution in [0.3, 0.4) is 0 Å². The summed E-state index contributed by atoms with van der Waals surface area (Å²) in [6.07, 6.45) is 1.57. The molecule has 0 unspecified atom stereocenters. The van der Waals surface area contributed by atoms with Crippen molar-refractivity contribution >= 4 is 22.8 Å². The van der Waals surface area contributed by atoms with Gasteiger partial charge < -0.3 is 23.8 Å². The van der Waals surface area contributed by atoms with E-state index < -0.39 is 0 Å². The van der Waals surface area contributed by atoms with E-state index in [0.29, 0.717) is 29.2 Å². The van der Waals surface area contributed by atoms with Gasteiger partial charge in [-0.15, -0.1) is 0 Å². The van der Waals surface area contributed by atoms with Crippen LogP contribution in [0.2, 0.25) is 0 Å². The number of rotatable bonds is 7. The molecule has 2 heterocycles. The van der Waals surface area contributed by atoms with E-state index in [4.69, 9.17) is 13.6 Å². The van der Waals surface area contributed by atoms with Gasteiger partial charge in [0, 0.05) is 24.5 Å². The van der Waals surface area contributed by atoms with Crippen LogP contribution >= 0.6 is 0 Å². The van der Waals surface area contributed by atoms with Crippen LogP contribution in [0, 0.1) is 0 Å². The van der Waals surface area contributed by atoms with Crippen LogP contribution in [0.5, 0.6) is 5.75 Å². The summed E-state index contributed by atoms with van der Waals surface area (Å²) in [4.78, 5) is 26.8. The highest BCUT2D eigenvalue weighted by Gasteiger charge is 2.22. The molecule has 7 nitrogen and oxygen atoms in total. The minimum absolute atomic E-state index is 0.161. The Bertz CT molecular complexity index is 1190. The Balaban J connectivity index is 1.63. The molecule has 158 valence electrons. The van der Waals surface area contributed by atoms with Crippen LogP contribution < -0.4 is 10.1 Å². The molecule has 0 atom stereocenters. The number of hydrogen-bond donors (Lipinski definition) is 1. The van der Waals surface area contributed by atoms with Crippen molar-refractivity contribution in [2.45, 2.75) is 13.1 Å². The molecule has 0 radical (unpaired) electrons. The molecule has 0 spiro atoms. The SMILES string of the molecule is CNC(=O)c1ccc(CN(Cc2ccco2)C(=O)c2cc3cccc(OC)c3o2)cc1. The molecule has 31 heavy (non-hydrogen) atoms. The first kappa shape index (κ1) is 20.3. The number of carbonyl (C=O) groups is 2. The van der Waals surface area contributed by atoms with Crippen molar-refractivity contribution in [3.05, 3.63) is 89.6 Å². The molecular formula is C24H22N2O5. The molecular weight excluding hydrogens is 396 g/mol. The zero-order chi connectivity index (χ0) is 21.8.